The van der Waals surface area contributed by atoms with Crippen molar-refractivity contribution >= 4 is 11.6 Å². The number of ketones is 1. The number of nitrogen functional groups attached to an aromatic ring is 1. The van der Waals surface area contributed by atoms with Crippen LogP contribution in [0, 0.1) is 0 Å². The minimum Gasteiger partial charge on any atom is -0.383 e. The van der Waals surface area contributed by atoms with Crippen molar-refractivity contribution in [2.24, 2.45) is 7.05 Å². The van der Waals surface area contributed by atoms with E-state index in [1.54, 1.807) is 7.05 Å². The van der Waals surface area contributed by atoms with Gasteiger partial charge in [0.15, 0.2) is 5.78 Å². The Morgan fingerprint density at radius 2 is 1.85 bits per heavy atom. The molecule has 0 bridgehead atoms. The van der Waals surface area contributed by atoms with Gasteiger partial charge in [-0.25, -0.2) is 0 Å². The number of hydrogen-bond acceptors (Lipinski definition) is 3. The van der Waals surface area contributed by atoms with Crippen LogP contribution in [0.2, 0.25) is 0 Å². The Bertz CT molecular complexity index is 618. The van der Waals surface area contributed by atoms with Crippen molar-refractivity contribution in [3.05, 3.63) is 47.2 Å². The first-order chi connectivity index (χ1) is 9.29. The quantitative estimate of drug-likeness (QED) is 0.873. The summed E-state index contributed by atoms with van der Waals surface area (Å²) in [6.07, 6.45) is 1.88. The summed E-state index contributed by atoms with van der Waals surface area (Å²) in [5, 5.41) is 4.00. The number of nitrogens with two attached hydrogens (primary N) is 1. The van der Waals surface area contributed by atoms with Crippen LogP contribution >= 0.6 is 0 Å². The van der Waals surface area contributed by atoms with E-state index < -0.39 is 0 Å². The Hall–Kier alpha value is -2.10. The van der Waals surface area contributed by atoms with Gasteiger partial charge in [0.25, 0.3) is 0 Å². The fraction of sp³-hybridized carbons (Fsp3) is 0.375. The molecule has 2 rings (SSSR count). The van der Waals surface area contributed by atoms with Gasteiger partial charge < -0.3 is 5.73 Å². The molecule has 1 aromatic heterocycles. The molecule has 0 unspecified atom stereocenters. The Balaban J connectivity index is 2.15. The maximum atomic E-state index is 12.2. The lowest BCUT2D eigenvalue weighted by Gasteiger charge is -2.19. The molecule has 0 fully saturated rings. The summed E-state index contributed by atoms with van der Waals surface area (Å²) >= 11 is 0. The number of aromatic nitrogens is 2. The number of aryl methyl sites for hydroxylation is 1. The highest BCUT2D eigenvalue weighted by Crippen LogP contribution is 2.22. The number of rotatable bonds is 3. The number of benzene rings is 1. The molecule has 0 aliphatic carbocycles. The second-order valence-electron chi connectivity index (χ2n) is 6.11. The van der Waals surface area contributed by atoms with Gasteiger partial charge >= 0.3 is 0 Å². The first kappa shape index (κ1) is 14.3. The lowest BCUT2D eigenvalue weighted by Crippen LogP contribution is -2.11. The lowest BCUT2D eigenvalue weighted by atomic mass is 9.86. The normalized spacial score (nSPS) is 11.6. The highest BCUT2D eigenvalue weighted by atomic mass is 16.1. The number of carbonyl (C=O) groups excluding carboxylic acids is 1. The molecule has 0 radical (unpaired) electrons. The van der Waals surface area contributed by atoms with Crippen LogP contribution in [0.5, 0.6) is 0 Å². The molecule has 4 heteroatoms. The second kappa shape index (κ2) is 5.12. The van der Waals surface area contributed by atoms with Crippen LogP contribution in [0.15, 0.2) is 30.5 Å². The molecule has 0 spiro atoms. The predicted molar refractivity (Wildman–Crippen MR) is 80.8 cm³/mol. The SMILES string of the molecule is Cn1ncc(C(=O)Cc2ccc(C(C)(C)C)cc2)c1N. The van der Waals surface area contributed by atoms with E-state index in [-0.39, 0.29) is 11.2 Å². The van der Waals surface area contributed by atoms with Crippen LogP contribution in [-0.4, -0.2) is 15.6 Å². The summed E-state index contributed by atoms with van der Waals surface area (Å²) in [7, 11) is 1.73. The number of Topliss-reactive ketones (excluding diaryl/α,β-unsaturated/α-hetero) is 1. The summed E-state index contributed by atoms with van der Waals surface area (Å²) < 4.78 is 1.51. The van der Waals surface area contributed by atoms with Crippen LogP contribution < -0.4 is 5.73 Å². The third kappa shape index (κ3) is 2.90. The van der Waals surface area contributed by atoms with E-state index in [2.05, 4.69) is 38.0 Å². The summed E-state index contributed by atoms with van der Waals surface area (Å²) in [4.78, 5) is 12.2. The van der Waals surface area contributed by atoms with Crippen molar-refractivity contribution in [3.63, 3.8) is 0 Å². The molecule has 0 aliphatic heterocycles. The topological polar surface area (TPSA) is 60.9 Å². The van der Waals surface area contributed by atoms with Crippen molar-refractivity contribution in [2.75, 3.05) is 5.73 Å². The van der Waals surface area contributed by atoms with Crippen LogP contribution in [0.1, 0.15) is 42.3 Å². The molecular weight excluding hydrogens is 250 g/mol. The number of nitrogens with zero attached hydrogens (tertiary/aromatic N) is 2. The van der Waals surface area contributed by atoms with Crippen LogP contribution in [0.25, 0.3) is 0 Å². The molecular formula is C16H21N3O. The zero-order valence-electron chi connectivity index (χ0n) is 12.5. The first-order valence-corrected chi connectivity index (χ1v) is 6.69. The average Bonchev–Trinajstić information content (AvgIpc) is 2.69. The third-order valence-corrected chi connectivity index (χ3v) is 3.47. The fourth-order valence-corrected chi connectivity index (χ4v) is 2.07. The largest absolute Gasteiger partial charge is 0.383 e. The molecule has 106 valence electrons. The predicted octanol–water partition coefficient (Wildman–Crippen LogP) is 2.73. The van der Waals surface area contributed by atoms with E-state index in [9.17, 15) is 4.79 Å². The van der Waals surface area contributed by atoms with Crippen LogP contribution in [-0.2, 0) is 18.9 Å². The zero-order valence-corrected chi connectivity index (χ0v) is 12.5. The summed E-state index contributed by atoms with van der Waals surface area (Å²) in [5.41, 5.74) is 8.68. The fourth-order valence-electron chi connectivity index (χ4n) is 2.07. The van der Waals surface area contributed by atoms with Crippen molar-refractivity contribution < 1.29 is 4.79 Å². The number of anilines is 1. The maximum absolute atomic E-state index is 12.2. The van der Waals surface area contributed by atoms with Crippen molar-refractivity contribution in [3.8, 4) is 0 Å². The van der Waals surface area contributed by atoms with Crippen molar-refractivity contribution in [1.82, 2.24) is 9.78 Å². The van der Waals surface area contributed by atoms with E-state index in [0.717, 1.165) is 5.56 Å². The number of hydrogen-bond donors (Lipinski definition) is 1. The third-order valence-electron chi connectivity index (χ3n) is 3.47. The van der Waals surface area contributed by atoms with Gasteiger partial charge in [0.1, 0.15) is 5.82 Å². The van der Waals surface area contributed by atoms with E-state index in [1.165, 1.54) is 16.4 Å². The first-order valence-electron chi connectivity index (χ1n) is 6.69. The van der Waals surface area contributed by atoms with Gasteiger partial charge in [0.2, 0.25) is 0 Å². The molecule has 0 saturated heterocycles. The Morgan fingerprint density at radius 3 is 2.30 bits per heavy atom. The van der Waals surface area contributed by atoms with E-state index in [4.69, 9.17) is 5.73 Å². The van der Waals surface area contributed by atoms with Gasteiger partial charge in [-0.05, 0) is 16.5 Å². The van der Waals surface area contributed by atoms with Gasteiger partial charge in [-0.1, -0.05) is 45.0 Å². The Morgan fingerprint density at radius 1 is 1.25 bits per heavy atom. The van der Waals surface area contributed by atoms with E-state index in [0.29, 0.717) is 17.8 Å². The van der Waals surface area contributed by atoms with Gasteiger partial charge in [-0.2, -0.15) is 5.10 Å². The summed E-state index contributed by atoms with van der Waals surface area (Å²) in [6, 6.07) is 8.17. The van der Waals surface area contributed by atoms with Gasteiger partial charge in [-0.15, -0.1) is 0 Å². The molecule has 0 aliphatic rings. The van der Waals surface area contributed by atoms with Gasteiger partial charge in [0, 0.05) is 13.5 Å². The highest BCUT2D eigenvalue weighted by molar-refractivity contribution is 6.01. The monoisotopic (exact) mass is 271 g/mol. The Kier molecular flexibility index (Phi) is 3.66. The van der Waals surface area contributed by atoms with Gasteiger partial charge in [-0.3, -0.25) is 9.48 Å². The standard InChI is InChI=1S/C16H21N3O/c1-16(2,3)12-7-5-11(6-8-12)9-14(20)13-10-18-19(4)15(13)17/h5-8,10H,9,17H2,1-4H3. The molecule has 2 N–H and O–H groups in total. The smallest absolute Gasteiger partial charge is 0.172 e. The molecule has 20 heavy (non-hydrogen) atoms. The molecule has 1 heterocycles. The van der Waals surface area contributed by atoms with Crippen molar-refractivity contribution in [1.29, 1.82) is 0 Å². The van der Waals surface area contributed by atoms with Gasteiger partial charge in [0.05, 0.1) is 11.8 Å². The minimum atomic E-state index is -0.000825. The Labute approximate surface area is 119 Å². The van der Waals surface area contributed by atoms with Crippen LogP contribution in [0.3, 0.4) is 0 Å². The molecule has 2 aromatic rings. The summed E-state index contributed by atoms with van der Waals surface area (Å²) in [6.45, 7) is 6.51. The molecule has 0 amide bonds. The van der Waals surface area contributed by atoms with Crippen molar-refractivity contribution in [2.45, 2.75) is 32.6 Å². The van der Waals surface area contributed by atoms with E-state index in [1.807, 2.05) is 12.1 Å². The molecule has 0 saturated carbocycles. The maximum Gasteiger partial charge on any atom is 0.172 e. The number of carbonyl (C=O) groups is 1. The highest BCUT2D eigenvalue weighted by Gasteiger charge is 2.16. The second-order valence-corrected chi connectivity index (χ2v) is 6.11. The minimum absolute atomic E-state index is 0.000825. The molecule has 4 nitrogen and oxygen atoms in total. The summed E-state index contributed by atoms with van der Waals surface area (Å²) in [5.74, 6) is 0.417. The lowest BCUT2D eigenvalue weighted by molar-refractivity contribution is 0.0994. The van der Waals surface area contributed by atoms with Crippen LogP contribution in [0.4, 0.5) is 5.82 Å². The molecule has 0 atom stereocenters. The average molecular weight is 271 g/mol. The van der Waals surface area contributed by atoms with E-state index >= 15 is 0 Å². The molecule has 1 aromatic carbocycles. The zero-order chi connectivity index (χ0) is 14.9.